The molecule has 1 aliphatic heterocycles. The quantitative estimate of drug-likeness (QED) is 0.844. The van der Waals surface area contributed by atoms with Gasteiger partial charge < -0.3 is 15.1 Å². The molecular weight excluding hydrogens is 300 g/mol. The first kappa shape index (κ1) is 17.0. The van der Waals surface area contributed by atoms with Crippen LogP contribution in [0.2, 0.25) is 0 Å². The van der Waals surface area contributed by atoms with Crippen molar-refractivity contribution in [1.29, 1.82) is 0 Å². The van der Waals surface area contributed by atoms with Crippen LogP contribution in [0.15, 0.2) is 28.7 Å². The van der Waals surface area contributed by atoms with Crippen molar-refractivity contribution in [3.63, 3.8) is 0 Å². The van der Waals surface area contributed by atoms with Crippen LogP contribution in [0.1, 0.15) is 50.5 Å². The average Bonchev–Trinajstić information content (AvgIpc) is 3.19. The second-order valence-electron chi connectivity index (χ2n) is 7.27. The van der Waals surface area contributed by atoms with Gasteiger partial charge in [-0.3, -0.25) is 4.79 Å². The molecule has 1 aliphatic rings. The molecule has 4 nitrogen and oxygen atoms in total. The molecule has 0 spiro atoms. The molecule has 1 fully saturated rings. The van der Waals surface area contributed by atoms with E-state index in [1.807, 2.05) is 18.2 Å². The van der Waals surface area contributed by atoms with Gasteiger partial charge in [0.1, 0.15) is 11.3 Å². The number of benzene rings is 1. The van der Waals surface area contributed by atoms with Crippen molar-refractivity contribution >= 4 is 16.9 Å². The summed E-state index contributed by atoms with van der Waals surface area (Å²) in [6.45, 7) is 8.45. The van der Waals surface area contributed by atoms with Crippen LogP contribution in [-0.4, -0.2) is 19.0 Å². The summed E-state index contributed by atoms with van der Waals surface area (Å²) in [6.07, 6.45) is 2.74. The third kappa shape index (κ3) is 3.64. The third-order valence-corrected chi connectivity index (χ3v) is 5.09. The number of aryl methyl sites for hydroxylation is 1. The molecule has 130 valence electrons. The summed E-state index contributed by atoms with van der Waals surface area (Å²) in [6, 6.07) is 7.98. The Morgan fingerprint density at radius 1 is 1.38 bits per heavy atom. The first-order valence-electron chi connectivity index (χ1n) is 9.04. The van der Waals surface area contributed by atoms with E-state index in [-0.39, 0.29) is 17.9 Å². The molecule has 3 rings (SSSR count). The van der Waals surface area contributed by atoms with Gasteiger partial charge in [-0.2, -0.15) is 0 Å². The number of amides is 1. The second kappa shape index (κ2) is 7.39. The summed E-state index contributed by atoms with van der Waals surface area (Å²) in [5.74, 6) is 1.94. The number of rotatable bonds is 6. The number of carbonyl (C=O) groups is 1. The zero-order valence-electron chi connectivity index (χ0n) is 14.9. The highest BCUT2D eigenvalue weighted by Crippen LogP contribution is 2.32. The lowest BCUT2D eigenvalue weighted by Gasteiger charge is -2.21. The van der Waals surface area contributed by atoms with Gasteiger partial charge in [-0.1, -0.05) is 32.0 Å². The molecule has 4 heteroatoms. The van der Waals surface area contributed by atoms with Crippen molar-refractivity contribution in [3.05, 3.63) is 35.6 Å². The van der Waals surface area contributed by atoms with E-state index in [4.69, 9.17) is 4.42 Å². The first-order chi connectivity index (χ1) is 11.6. The number of para-hydroxylation sites is 1. The Hall–Kier alpha value is -1.81. The summed E-state index contributed by atoms with van der Waals surface area (Å²) < 4.78 is 6.08. The molecule has 1 saturated heterocycles. The predicted octanol–water partition coefficient (Wildman–Crippen LogP) is 3.94. The Morgan fingerprint density at radius 3 is 2.83 bits per heavy atom. The Bertz CT molecular complexity index is 699. The molecule has 1 aromatic heterocycles. The number of carbonyl (C=O) groups excluding carboxylic acids is 1. The summed E-state index contributed by atoms with van der Waals surface area (Å²) in [7, 11) is 0. The molecule has 2 heterocycles. The van der Waals surface area contributed by atoms with Crippen LogP contribution in [-0.2, 0) is 4.79 Å². The molecule has 1 aromatic carbocycles. The van der Waals surface area contributed by atoms with E-state index in [0.717, 1.165) is 41.8 Å². The van der Waals surface area contributed by atoms with Gasteiger partial charge in [-0.05, 0) is 50.8 Å². The summed E-state index contributed by atoms with van der Waals surface area (Å²) in [5.41, 5.74) is 2.02. The number of furan rings is 1. The van der Waals surface area contributed by atoms with Gasteiger partial charge in [-0.25, -0.2) is 0 Å². The van der Waals surface area contributed by atoms with Crippen LogP contribution in [0.3, 0.4) is 0 Å². The van der Waals surface area contributed by atoms with E-state index >= 15 is 0 Å². The van der Waals surface area contributed by atoms with Crippen molar-refractivity contribution in [2.75, 3.05) is 13.1 Å². The van der Waals surface area contributed by atoms with Crippen molar-refractivity contribution in [2.24, 2.45) is 11.8 Å². The minimum Gasteiger partial charge on any atom is -0.459 e. The van der Waals surface area contributed by atoms with Gasteiger partial charge >= 0.3 is 0 Å². The Morgan fingerprint density at radius 2 is 2.17 bits per heavy atom. The van der Waals surface area contributed by atoms with Crippen molar-refractivity contribution in [2.45, 2.75) is 46.1 Å². The monoisotopic (exact) mass is 328 g/mol. The van der Waals surface area contributed by atoms with E-state index in [2.05, 4.69) is 37.5 Å². The lowest BCUT2D eigenvalue weighted by molar-refractivity contribution is -0.122. The summed E-state index contributed by atoms with van der Waals surface area (Å²) in [5, 5.41) is 7.69. The van der Waals surface area contributed by atoms with E-state index in [0.29, 0.717) is 12.3 Å². The fourth-order valence-electron chi connectivity index (χ4n) is 3.57. The molecule has 1 amide bonds. The van der Waals surface area contributed by atoms with Crippen LogP contribution < -0.4 is 10.6 Å². The molecule has 2 N–H and O–H groups in total. The molecule has 0 radical (unpaired) electrons. The highest BCUT2D eigenvalue weighted by molar-refractivity contribution is 5.82. The largest absolute Gasteiger partial charge is 0.459 e. The topological polar surface area (TPSA) is 54.3 Å². The maximum absolute atomic E-state index is 12.4. The summed E-state index contributed by atoms with van der Waals surface area (Å²) >= 11 is 0. The third-order valence-electron chi connectivity index (χ3n) is 5.09. The second-order valence-corrected chi connectivity index (χ2v) is 7.27. The minimum atomic E-state index is -0.0772. The Labute approximate surface area is 144 Å². The molecule has 0 saturated carbocycles. The fraction of sp³-hybridized carbons (Fsp3) is 0.550. The lowest BCUT2D eigenvalue weighted by Crippen LogP contribution is -2.32. The van der Waals surface area contributed by atoms with Crippen molar-refractivity contribution in [3.8, 4) is 0 Å². The standard InChI is InChI=1S/C20H28N2O2/c1-13(2)19(22-18(23)9-8-15-10-11-21-12-15)20-14(3)16-6-4-5-7-17(16)24-20/h4-7,13,15,19,21H,8-12H2,1-3H3,(H,22,23). The van der Waals surface area contributed by atoms with Crippen LogP contribution in [0.5, 0.6) is 0 Å². The number of hydrogen-bond donors (Lipinski definition) is 2. The Kier molecular flexibility index (Phi) is 5.24. The maximum atomic E-state index is 12.4. The van der Waals surface area contributed by atoms with Gasteiger partial charge in [-0.15, -0.1) is 0 Å². The van der Waals surface area contributed by atoms with Crippen LogP contribution >= 0.6 is 0 Å². The van der Waals surface area contributed by atoms with Crippen molar-refractivity contribution in [1.82, 2.24) is 10.6 Å². The maximum Gasteiger partial charge on any atom is 0.220 e. The molecule has 24 heavy (non-hydrogen) atoms. The van der Waals surface area contributed by atoms with Gasteiger partial charge in [0.05, 0.1) is 6.04 Å². The van der Waals surface area contributed by atoms with E-state index in [1.54, 1.807) is 0 Å². The number of hydrogen-bond acceptors (Lipinski definition) is 3. The van der Waals surface area contributed by atoms with Gasteiger partial charge in [0.25, 0.3) is 0 Å². The molecule has 2 aromatic rings. The first-order valence-corrected chi connectivity index (χ1v) is 9.04. The zero-order chi connectivity index (χ0) is 17.1. The molecule has 0 bridgehead atoms. The zero-order valence-corrected chi connectivity index (χ0v) is 14.9. The van der Waals surface area contributed by atoms with Crippen LogP contribution in [0, 0.1) is 18.8 Å². The number of fused-ring (bicyclic) bond motifs is 1. The van der Waals surface area contributed by atoms with Gasteiger partial charge in [0.2, 0.25) is 5.91 Å². The minimum absolute atomic E-state index is 0.0772. The normalized spacial score (nSPS) is 19.1. The predicted molar refractivity (Wildman–Crippen MR) is 96.9 cm³/mol. The number of nitrogens with one attached hydrogen (secondary N) is 2. The smallest absolute Gasteiger partial charge is 0.220 e. The molecular formula is C20H28N2O2. The molecule has 2 unspecified atom stereocenters. The fourth-order valence-corrected chi connectivity index (χ4v) is 3.57. The van der Waals surface area contributed by atoms with E-state index in [1.165, 1.54) is 6.42 Å². The van der Waals surface area contributed by atoms with Gasteiger partial charge in [0.15, 0.2) is 0 Å². The average molecular weight is 328 g/mol. The molecule has 0 aliphatic carbocycles. The highest BCUT2D eigenvalue weighted by Gasteiger charge is 2.25. The lowest BCUT2D eigenvalue weighted by atomic mass is 9.97. The van der Waals surface area contributed by atoms with Crippen LogP contribution in [0.25, 0.3) is 11.0 Å². The summed E-state index contributed by atoms with van der Waals surface area (Å²) in [4.78, 5) is 12.4. The van der Waals surface area contributed by atoms with Gasteiger partial charge in [0, 0.05) is 17.4 Å². The van der Waals surface area contributed by atoms with Crippen molar-refractivity contribution < 1.29 is 9.21 Å². The van der Waals surface area contributed by atoms with E-state index in [9.17, 15) is 4.79 Å². The Balaban J connectivity index is 1.71. The van der Waals surface area contributed by atoms with E-state index < -0.39 is 0 Å². The highest BCUT2D eigenvalue weighted by atomic mass is 16.3. The van der Waals surface area contributed by atoms with Crippen LogP contribution in [0.4, 0.5) is 0 Å². The molecule has 2 atom stereocenters. The SMILES string of the molecule is Cc1c(C(NC(=O)CCC2CCNC2)C(C)C)oc2ccccc12.